The molecule has 2 unspecified atom stereocenters. The lowest BCUT2D eigenvalue weighted by Gasteiger charge is -2.42. The minimum atomic E-state index is -0.642. The van der Waals surface area contributed by atoms with Crippen molar-refractivity contribution in [2.24, 2.45) is 5.73 Å². The van der Waals surface area contributed by atoms with Gasteiger partial charge in [-0.15, -0.1) is 12.4 Å². The first kappa shape index (κ1) is 14.1. The van der Waals surface area contributed by atoms with E-state index >= 15 is 0 Å². The third-order valence-electron chi connectivity index (χ3n) is 4.74. The molecule has 0 radical (unpaired) electrons. The quantitative estimate of drug-likeness (QED) is 0.788. The third-order valence-corrected chi connectivity index (χ3v) is 4.74. The van der Waals surface area contributed by atoms with Crippen molar-refractivity contribution in [2.75, 3.05) is 13.2 Å². The molecule has 3 aliphatic heterocycles. The lowest BCUT2D eigenvalue weighted by Crippen LogP contribution is -2.61. The van der Waals surface area contributed by atoms with Crippen molar-refractivity contribution in [3.05, 3.63) is 0 Å². The van der Waals surface area contributed by atoms with Crippen molar-refractivity contribution in [1.29, 1.82) is 0 Å². The lowest BCUT2D eigenvalue weighted by atomic mass is 9.88. The number of rotatable bonds is 1. The van der Waals surface area contributed by atoms with Gasteiger partial charge in [-0.3, -0.25) is 4.79 Å². The maximum absolute atomic E-state index is 12.7. The van der Waals surface area contributed by atoms with E-state index in [0.29, 0.717) is 38.1 Å². The summed E-state index contributed by atoms with van der Waals surface area (Å²) in [6.07, 6.45) is 7.36. The van der Waals surface area contributed by atoms with Crippen LogP contribution in [0.15, 0.2) is 0 Å². The molecule has 0 aromatic carbocycles. The highest BCUT2D eigenvalue weighted by atomic mass is 35.5. The molecule has 5 heteroatoms. The van der Waals surface area contributed by atoms with Crippen LogP contribution in [-0.4, -0.2) is 41.6 Å². The first-order valence-electron chi connectivity index (χ1n) is 6.90. The highest BCUT2D eigenvalue weighted by Gasteiger charge is 2.46. The molecule has 2 atom stereocenters. The van der Waals surface area contributed by atoms with Crippen LogP contribution in [0.2, 0.25) is 0 Å². The Morgan fingerprint density at radius 1 is 1.11 bits per heavy atom. The highest BCUT2D eigenvalue weighted by molar-refractivity contribution is 5.87. The van der Waals surface area contributed by atoms with Crippen LogP contribution >= 0.6 is 12.4 Å². The van der Waals surface area contributed by atoms with E-state index in [4.69, 9.17) is 10.5 Å². The van der Waals surface area contributed by atoms with Gasteiger partial charge in [0, 0.05) is 25.3 Å². The third kappa shape index (κ3) is 2.26. The summed E-state index contributed by atoms with van der Waals surface area (Å²) in [6, 6.07) is 0.953. The Morgan fingerprint density at radius 2 is 1.67 bits per heavy atom. The molecule has 2 bridgehead atoms. The molecule has 1 amide bonds. The summed E-state index contributed by atoms with van der Waals surface area (Å²) >= 11 is 0. The number of piperidine rings is 1. The first-order chi connectivity index (χ1) is 8.21. The maximum Gasteiger partial charge on any atom is 0.243 e. The van der Waals surface area contributed by atoms with Gasteiger partial charge in [-0.2, -0.15) is 0 Å². The Morgan fingerprint density at radius 3 is 2.22 bits per heavy atom. The average molecular weight is 275 g/mol. The number of carbonyl (C=O) groups is 1. The van der Waals surface area contributed by atoms with E-state index in [1.54, 1.807) is 0 Å². The van der Waals surface area contributed by atoms with E-state index in [1.807, 2.05) is 0 Å². The largest absolute Gasteiger partial charge is 0.381 e. The number of carbonyl (C=O) groups excluding carboxylic acids is 1. The van der Waals surface area contributed by atoms with Gasteiger partial charge in [0.1, 0.15) is 0 Å². The molecule has 3 saturated heterocycles. The smallest absolute Gasteiger partial charge is 0.243 e. The second-order valence-corrected chi connectivity index (χ2v) is 5.80. The second kappa shape index (κ2) is 5.35. The molecule has 0 spiro atoms. The van der Waals surface area contributed by atoms with Crippen molar-refractivity contribution < 1.29 is 9.53 Å². The molecule has 3 aliphatic rings. The van der Waals surface area contributed by atoms with Crippen LogP contribution in [0.25, 0.3) is 0 Å². The topological polar surface area (TPSA) is 55.6 Å². The van der Waals surface area contributed by atoms with E-state index in [2.05, 4.69) is 4.90 Å². The molecule has 0 aliphatic carbocycles. The average Bonchev–Trinajstić information content (AvgIpc) is 2.58. The number of halogens is 1. The number of hydrogen-bond donors (Lipinski definition) is 1. The molecule has 3 heterocycles. The predicted octanol–water partition coefficient (Wildman–Crippen LogP) is 1.46. The van der Waals surface area contributed by atoms with Crippen LogP contribution in [0.3, 0.4) is 0 Å². The van der Waals surface area contributed by atoms with Crippen molar-refractivity contribution in [2.45, 2.75) is 62.6 Å². The fourth-order valence-electron chi connectivity index (χ4n) is 3.66. The van der Waals surface area contributed by atoms with Crippen LogP contribution in [0.5, 0.6) is 0 Å². The van der Waals surface area contributed by atoms with E-state index in [1.165, 1.54) is 32.1 Å². The van der Waals surface area contributed by atoms with E-state index in [0.717, 1.165) is 0 Å². The minimum Gasteiger partial charge on any atom is -0.381 e. The Bertz CT molecular complexity index is 302. The summed E-state index contributed by atoms with van der Waals surface area (Å²) < 4.78 is 5.32. The fraction of sp³-hybridized carbons (Fsp3) is 0.923. The Balaban J connectivity index is 0.00000120. The molecule has 0 aromatic rings. The van der Waals surface area contributed by atoms with Gasteiger partial charge in [0.25, 0.3) is 0 Å². The second-order valence-electron chi connectivity index (χ2n) is 5.80. The Labute approximate surface area is 115 Å². The zero-order valence-electron chi connectivity index (χ0n) is 10.8. The van der Waals surface area contributed by atoms with E-state index in [9.17, 15) is 4.79 Å². The molecule has 104 valence electrons. The zero-order chi connectivity index (χ0) is 11.9. The summed E-state index contributed by atoms with van der Waals surface area (Å²) in [4.78, 5) is 14.8. The fourth-order valence-corrected chi connectivity index (χ4v) is 3.66. The molecule has 3 fully saturated rings. The molecule has 18 heavy (non-hydrogen) atoms. The Kier molecular flexibility index (Phi) is 4.19. The van der Waals surface area contributed by atoms with E-state index in [-0.39, 0.29) is 18.3 Å². The van der Waals surface area contributed by atoms with Crippen LogP contribution in [-0.2, 0) is 9.53 Å². The predicted molar refractivity (Wildman–Crippen MR) is 71.7 cm³/mol. The van der Waals surface area contributed by atoms with Crippen molar-refractivity contribution in [3.63, 3.8) is 0 Å². The summed E-state index contributed by atoms with van der Waals surface area (Å²) in [5.41, 5.74) is 5.67. The summed E-state index contributed by atoms with van der Waals surface area (Å²) in [5.74, 6) is 0.202. The number of ether oxygens (including phenoxy) is 1. The van der Waals surface area contributed by atoms with Crippen molar-refractivity contribution >= 4 is 18.3 Å². The normalized spacial score (nSPS) is 33.9. The van der Waals surface area contributed by atoms with Gasteiger partial charge < -0.3 is 15.4 Å². The summed E-state index contributed by atoms with van der Waals surface area (Å²) in [7, 11) is 0. The van der Waals surface area contributed by atoms with Crippen LogP contribution < -0.4 is 5.73 Å². The number of hydrogen-bond acceptors (Lipinski definition) is 3. The van der Waals surface area contributed by atoms with Gasteiger partial charge in [-0.05, 0) is 44.9 Å². The van der Waals surface area contributed by atoms with Gasteiger partial charge >= 0.3 is 0 Å². The van der Waals surface area contributed by atoms with Gasteiger partial charge in [0.05, 0.1) is 5.54 Å². The molecule has 2 N–H and O–H groups in total. The maximum atomic E-state index is 12.7. The molecule has 4 nitrogen and oxygen atoms in total. The SMILES string of the molecule is Cl.NC1(C(=O)N2C3CCCC2CC3)CCOCC1. The van der Waals surface area contributed by atoms with Crippen molar-refractivity contribution in [3.8, 4) is 0 Å². The number of fused-ring (bicyclic) bond motifs is 2. The highest BCUT2D eigenvalue weighted by Crippen LogP contribution is 2.37. The monoisotopic (exact) mass is 274 g/mol. The van der Waals surface area contributed by atoms with Crippen LogP contribution in [0.4, 0.5) is 0 Å². The van der Waals surface area contributed by atoms with Crippen LogP contribution in [0.1, 0.15) is 44.9 Å². The zero-order valence-corrected chi connectivity index (χ0v) is 11.6. The molecular weight excluding hydrogens is 252 g/mol. The molecule has 3 rings (SSSR count). The number of nitrogens with two attached hydrogens (primary N) is 1. The minimum absolute atomic E-state index is 0. The molecular formula is C13H23ClN2O2. The van der Waals surface area contributed by atoms with Gasteiger partial charge in [0.2, 0.25) is 5.91 Å². The molecule has 0 aromatic heterocycles. The number of nitrogens with zero attached hydrogens (tertiary/aromatic N) is 1. The summed E-state index contributed by atoms with van der Waals surface area (Å²) in [5, 5.41) is 0. The summed E-state index contributed by atoms with van der Waals surface area (Å²) in [6.45, 7) is 1.26. The van der Waals surface area contributed by atoms with Gasteiger partial charge in [-0.1, -0.05) is 0 Å². The van der Waals surface area contributed by atoms with E-state index < -0.39 is 5.54 Å². The molecule has 0 saturated carbocycles. The lowest BCUT2D eigenvalue weighted by molar-refractivity contribution is -0.145. The first-order valence-corrected chi connectivity index (χ1v) is 6.90. The number of amides is 1. The van der Waals surface area contributed by atoms with Crippen molar-refractivity contribution in [1.82, 2.24) is 4.90 Å². The van der Waals surface area contributed by atoms with Gasteiger partial charge in [-0.25, -0.2) is 0 Å². The standard InChI is InChI=1S/C13H22N2O2.ClH/c14-13(6-8-17-9-7-13)12(16)15-10-2-1-3-11(15)5-4-10;/h10-11H,1-9,14H2;1H. The van der Waals surface area contributed by atoms with Gasteiger partial charge in [0.15, 0.2) is 0 Å². The van der Waals surface area contributed by atoms with Crippen LogP contribution in [0, 0.1) is 0 Å². The Hall–Kier alpha value is -0.320.